The van der Waals surface area contributed by atoms with Crippen molar-refractivity contribution in [2.45, 2.75) is 20.8 Å². The van der Waals surface area contributed by atoms with Gasteiger partial charge in [-0.2, -0.15) is 0 Å². The van der Waals surface area contributed by atoms with Gasteiger partial charge in [0.1, 0.15) is 11.2 Å². The van der Waals surface area contributed by atoms with E-state index in [4.69, 9.17) is 4.98 Å². The van der Waals surface area contributed by atoms with Crippen molar-refractivity contribution >= 4 is 28.0 Å². The Morgan fingerprint density at radius 1 is 1.08 bits per heavy atom. The van der Waals surface area contributed by atoms with Gasteiger partial charge >= 0.3 is 0 Å². The van der Waals surface area contributed by atoms with E-state index in [-0.39, 0.29) is 5.78 Å². The van der Waals surface area contributed by atoms with E-state index >= 15 is 0 Å². The van der Waals surface area contributed by atoms with E-state index in [9.17, 15) is 4.79 Å². The number of ketones is 1. The molecule has 0 amide bonds. The Hall–Kier alpha value is -3.02. The molecule has 0 fully saturated rings. The van der Waals surface area contributed by atoms with Crippen molar-refractivity contribution in [1.29, 1.82) is 0 Å². The average molecular weight is 319 g/mol. The van der Waals surface area contributed by atoms with Gasteiger partial charge in [-0.3, -0.25) is 4.79 Å². The first-order chi connectivity index (χ1) is 11.4. The highest BCUT2D eigenvalue weighted by atomic mass is 16.1. The third-order valence-electron chi connectivity index (χ3n) is 4.03. The van der Waals surface area contributed by atoms with Gasteiger partial charge < -0.3 is 9.97 Å². The molecule has 0 aliphatic heterocycles. The Bertz CT molecular complexity index is 1070. The fourth-order valence-corrected chi connectivity index (χ4v) is 2.77. The highest BCUT2D eigenvalue weighted by Gasteiger charge is 2.26. The molecule has 0 atom stereocenters. The van der Waals surface area contributed by atoms with Gasteiger partial charge in [-0.05, 0) is 12.1 Å². The lowest BCUT2D eigenvalue weighted by molar-refractivity contribution is 0.0860. The lowest BCUT2D eigenvalue weighted by Gasteiger charge is -2.15. The van der Waals surface area contributed by atoms with Crippen LogP contribution in [0.25, 0.3) is 33.5 Å². The number of hydrogen-bond acceptors (Lipinski definition) is 4. The molecule has 6 heteroatoms. The van der Waals surface area contributed by atoms with Crippen LogP contribution < -0.4 is 0 Å². The largest absolute Gasteiger partial charge is 0.345 e. The molecule has 0 spiro atoms. The summed E-state index contributed by atoms with van der Waals surface area (Å²) in [6, 6.07) is 3.87. The zero-order chi connectivity index (χ0) is 16.9. The van der Waals surface area contributed by atoms with Crippen molar-refractivity contribution in [3.05, 3.63) is 42.5 Å². The fraction of sp³-hybridized carbons (Fsp3) is 0.222. The minimum absolute atomic E-state index is 0.0424. The molecule has 6 nitrogen and oxygen atoms in total. The van der Waals surface area contributed by atoms with Crippen molar-refractivity contribution in [3.63, 3.8) is 0 Å². The highest BCUT2D eigenvalue weighted by Crippen LogP contribution is 2.29. The number of rotatable bonds is 2. The second-order valence-corrected chi connectivity index (χ2v) is 6.84. The van der Waals surface area contributed by atoms with E-state index in [1.807, 2.05) is 39.1 Å². The predicted molar refractivity (Wildman–Crippen MR) is 92.8 cm³/mol. The van der Waals surface area contributed by atoms with Crippen molar-refractivity contribution in [1.82, 2.24) is 24.9 Å². The Morgan fingerprint density at radius 2 is 1.88 bits per heavy atom. The molecule has 120 valence electrons. The van der Waals surface area contributed by atoms with Gasteiger partial charge in [-0.15, -0.1) is 0 Å². The quantitative estimate of drug-likeness (QED) is 0.551. The number of pyridine rings is 1. The molecule has 4 rings (SSSR count). The Balaban J connectivity index is 1.91. The molecule has 24 heavy (non-hydrogen) atoms. The molecule has 4 aromatic rings. The number of aromatic amines is 2. The first kappa shape index (κ1) is 14.6. The minimum atomic E-state index is -0.475. The van der Waals surface area contributed by atoms with Gasteiger partial charge in [-0.25, -0.2) is 15.0 Å². The molecule has 0 aromatic carbocycles. The summed E-state index contributed by atoms with van der Waals surface area (Å²) in [7, 11) is 0. The standard InChI is InChI=1S/C18H17N5O/c1-18(2,3)15(24)12-8-21-17-14(12)23-13(9-22-17)11-7-20-16-10(11)5-4-6-19-16/h4-9H,1-3H3,(H,19,20)(H,21,22). The molecule has 0 saturated heterocycles. The summed E-state index contributed by atoms with van der Waals surface area (Å²) in [5.41, 5.74) is 3.75. The summed E-state index contributed by atoms with van der Waals surface area (Å²) >= 11 is 0. The Kier molecular flexibility index (Phi) is 3.03. The lowest BCUT2D eigenvalue weighted by atomic mass is 9.87. The summed E-state index contributed by atoms with van der Waals surface area (Å²) < 4.78 is 0. The van der Waals surface area contributed by atoms with E-state index in [2.05, 4.69) is 19.9 Å². The van der Waals surface area contributed by atoms with E-state index in [0.29, 0.717) is 22.4 Å². The molecule has 0 bridgehead atoms. The Morgan fingerprint density at radius 3 is 2.67 bits per heavy atom. The summed E-state index contributed by atoms with van der Waals surface area (Å²) in [6.07, 6.45) is 7.01. The summed E-state index contributed by atoms with van der Waals surface area (Å²) in [4.78, 5) is 32.2. The van der Waals surface area contributed by atoms with Crippen LogP contribution in [0.2, 0.25) is 0 Å². The van der Waals surface area contributed by atoms with Crippen LogP contribution in [-0.2, 0) is 0 Å². The molecule has 0 aliphatic rings. The van der Waals surface area contributed by atoms with Crippen LogP contribution in [0.15, 0.2) is 36.9 Å². The van der Waals surface area contributed by atoms with Crippen LogP contribution in [-0.4, -0.2) is 30.7 Å². The second-order valence-electron chi connectivity index (χ2n) is 6.84. The zero-order valence-corrected chi connectivity index (χ0v) is 13.7. The predicted octanol–water partition coefficient (Wildman–Crippen LogP) is 3.73. The van der Waals surface area contributed by atoms with Crippen LogP contribution in [0.3, 0.4) is 0 Å². The van der Waals surface area contributed by atoms with Gasteiger partial charge in [0, 0.05) is 35.0 Å². The topological polar surface area (TPSA) is 87.3 Å². The summed E-state index contributed by atoms with van der Waals surface area (Å²) in [5.74, 6) is 0.0424. The number of H-pyrrole nitrogens is 2. The monoisotopic (exact) mass is 319 g/mol. The maximum Gasteiger partial charge on any atom is 0.171 e. The molecular formula is C18H17N5O. The third kappa shape index (κ3) is 2.19. The number of carbonyl (C=O) groups is 1. The first-order valence-corrected chi connectivity index (χ1v) is 7.76. The molecule has 4 aromatic heterocycles. The van der Waals surface area contributed by atoms with Crippen LogP contribution >= 0.6 is 0 Å². The van der Waals surface area contributed by atoms with Gasteiger partial charge in [0.2, 0.25) is 0 Å². The molecule has 0 aliphatic carbocycles. The van der Waals surface area contributed by atoms with Crippen molar-refractivity contribution in [2.75, 3.05) is 0 Å². The molecule has 4 heterocycles. The number of aromatic nitrogens is 5. The number of nitrogens with one attached hydrogen (secondary N) is 2. The maximum atomic E-state index is 12.6. The smallest absolute Gasteiger partial charge is 0.171 e. The molecule has 2 N–H and O–H groups in total. The van der Waals surface area contributed by atoms with E-state index in [1.54, 1.807) is 18.6 Å². The van der Waals surface area contributed by atoms with Crippen LogP contribution in [0.4, 0.5) is 0 Å². The van der Waals surface area contributed by atoms with Crippen molar-refractivity contribution in [2.24, 2.45) is 5.41 Å². The number of hydrogen-bond donors (Lipinski definition) is 2. The molecule has 0 saturated carbocycles. The molecule has 0 unspecified atom stereocenters. The normalized spacial score (nSPS) is 12.1. The van der Waals surface area contributed by atoms with Crippen molar-refractivity contribution < 1.29 is 4.79 Å². The first-order valence-electron chi connectivity index (χ1n) is 7.76. The number of nitrogens with zero attached hydrogens (tertiary/aromatic N) is 3. The average Bonchev–Trinajstić information content (AvgIpc) is 3.16. The van der Waals surface area contributed by atoms with Gasteiger partial charge in [0.25, 0.3) is 0 Å². The highest BCUT2D eigenvalue weighted by molar-refractivity contribution is 6.08. The van der Waals surface area contributed by atoms with Crippen LogP contribution in [0.1, 0.15) is 31.1 Å². The molecule has 0 radical (unpaired) electrons. The zero-order valence-electron chi connectivity index (χ0n) is 13.7. The number of carbonyl (C=O) groups excluding carboxylic acids is 1. The Labute approximate surface area is 138 Å². The lowest BCUT2D eigenvalue weighted by Crippen LogP contribution is -2.20. The third-order valence-corrected chi connectivity index (χ3v) is 4.03. The van der Waals surface area contributed by atoms with Crippen LogP contribution in [0, 0.1) is 5.41 Å². The number of Topliss-reactive ketones (excluding diaryl/α,β-unsaturated/α-hetero) is 1. The van der Waals surface area contributed by atoms with E-state index < -0.39 is 5.41 Å². The van der Waals surface area contributed by atoms with Gasteiger partial charge in [0.05, 0.1) is 17.5 Å². The van der Waals surface area contributed by atoms with Gasteiger partial charge in [-0.1, -0.05) is 20.8 Å². The summed E-state index contributed by atoms with van der Waals surface area (Å²) in [5, 5.41) is 0.977. The van der Waals surface area contributed by atoms with Crippen LogP contribution in [0.5, 0.6) is 0 Å². The van der Waals surface area contributed by atoms with E-state index in [1.165, 1.54) is 0 Å². The second kappa shape index (κ2) is 4.99. The molecular weight excluding hydrogens is 302 g/mol. The fourth-order valence-electron chi connectivity index (χ4n) is 2.77. The van der Waals surface area contributed by atoms with E-state index in [0.717, 1.165) is 16.6 Å². The van der Waals surface area contributed by atoms with Gasteiger partial charge in [0.15, 0.2) is 11.4 Å². The summed E-state index contributed by atoms with van der Waals surface area (Å²) in [6.45, 7) is 5.70. The SMILES string of the molecule is CC(C)(C)C(=O)c1c[nH]c2ncc(-c3c[nH]c4ncccc34)nc12. The maximum absolute atomic E-state index is 12.6. The number of fused-ring (bicyclic) bond motifs is 2. The van der Waals surface area contributed by atoms with Crippen molar-refractivity contribution in [3.8, 4) is 11.3 Å². The minimum Gasteiger partial charge on any atom is -0.345 e.